The number of H-pyrrole nitrogens is 1. The van der Waals surface area contributed by atoms with Gasteiger partial charge in [-0.05, 0) is 35.7 Å². The van der Waals surface area contributed by atoms with Crippen LogP contribution in [0.4, 0.5) is 5.69 Å². The maximum absolute atomic E-state index is 12.3. The first-order valence-corrected chi connectivity index (χ1v) is 6.29. The van der Waals surface area contributed by atoms with Crippen LogP contribution in [0.15, 0.2) is 54.7 Å². The Bertz CT molecular complexity index is 762. The van der Waals surface area contributed by atoms with Crippen molar-refractivity contribution in [3.05, 3.63) is 60.3 Å². The summed E-state index contributed by atoms with van der Waals surface area (Å²) in [5.74, 6) is 0.479. The first-order chi connectivity index (χ1) is 9.78. The van der Waals surface area contributed by atoms with Gasteiger partial charge in [0.15, 0.2) is 0 Å². The first-order valence-electron chi connectivity index (χ1n) is 6.29. The van der Waals surface area contributed by atoms with E-state index in [0.29, 0.717) is 17.0 Å². The van der Waals surface area contributed by atoms with E-state index in [2.05, 4.69) is 10.3 Å². The predicted octanol–water partition coefficient (Wildman–Crippen LogP) is 3.43. The first kappa shape index (κ1) is 12.3. The van der Waals surface area contributed by atoms with Crippen molar-refractivity contribution in [2.24, 2.45) is 0 Å². The summed E-state index contributed by atoms with van der Waals surface area (Å²) in [6.07, 6.45) is 1.85. The van der Waals surface area contributed by atoms with Crippen molar-refractivity contribution in [2.45, 2.75) is 0 Å². The number of ether oxygens (including phenoxy) is 1. The van der Waals surface area contributed by atoms with Crippen LogP contribution in [0.5, 0.6) is 5.75 Å². The Labute approximate surface area is 116 Å². The number of benzene rings is 2. The highest BCUT2D eigenvalue weighted by molar-refractivity contribution is 6.06. The number of hydrogen-bond donors (Lipinski definition) is 2. The minimum atomic E-state index is -0.161. The third-order valence-corrected chi connectivity index (χ3v) is 3.17. The molecule has 0 spiro atoms. The van der Waals surface area contributed by atoms with Crippen molar-refractivity contribution < 1.29 is 9.53 Å². The summed E-state index contributed by atoms with van der Waals surface area (Å²) in [7, 11) is 1.58. The molecular weight excluding hydrogens is 252 g/mol. The maximum Gasteiger partial charge on any atom is 0.255 e. The second-order valence-corrected chi connectivity index (χ2v) is 4.43. The molecule has 4 heteroatoms. The number of rotatable bonds is 3. The van der Waals surface area contributed by atoms with Gasteiger partial charge in [-0.2, -0.15) is 0 Å². The Morgan fingerprint density at radius 1 is 1.15 bits per heavy atom. The molecule has 100 valence electrons. The Morgan fingerprint density at radius 2 is 2.00 bits per heavy atom. The number of aromatic amines is 1. The van der Waals surface area contributed by atoms with E-state index in [1.807, 2.05) is 48.7 Å². The third-order valence-electron chi connectivity index (χ3n) is 3.17. The molecule has 2 N–H and O–H groups in total. The molecule has 0 aliphatic carbocycles. The monoisotopic (exact) mass is 266 g/mol. The zero-order valence-electron chi connectivity index (χ0n) is 11.0. The summed E-state index contributed by atoms with van der Waals surface area (Å²) in [6.45, 7) is 0. The maximum atomic E-state index is 12.3. The zero-order chi connectivity index (χ0) is 13.9. The highest BCUT2D eigenvalue weighted by atomic mass is 16.5. The predicted molar refractivity (Wildman–Crippen MR) is 79.2 cm³/mol. The van der Waals surface area contributed by atoms with Gasteiger partial charge in [0.25, 0.3) is 5.91 Å². The minimum Gasteiger partial charge on any atom is -0.495 e. The van der Waals surface area contributed by atoms with E-state index in [0.717, 1.165) is 10.9 Å². The standard InChI is InChI=1S/C16H14N2O2/c1-20-15-5-3-2-4-13(15)18-16(19)12-7-6-11-8-9-17-14(11)10-12/h2-10,17H,1H3,(H,18,19). The minimum absolute atomic E-state index is 0.161. The Kier molecular flexibility index (Phi) is 3.13. The van der Waals surface area contributed by atoms with E-state index >= 15 is 0 Å². The van der Waals surface area contributed by atoms with Gasteiger partial charge in [-0.25, -0.2) is 0 Å². The summed E-state index contributed by atoms with van der Waals surface area (Å²) in [4.78, 5) is 15.4. The van der Waals surface area contributed by atoms with E-state index in [1.54, 1.807) is 13.2 Å². The molecule has 0 unspecified atom stereocenters. The molecule has 0 aliphatic rings. The number of amides is 1. The SMILES string of the molecule is COc1ccccc1NC(=O)c1ccc2cc[nH]c2c1. The summed E-state index contributed by atoms with van der Waals surface area (Å²) < 4.78 is 5.22. The molecule has 4 nitrogen and oxygen atoms in total. The third kappa shape index (κ3) is 2.23. The van der Waals surface area contributed by atoms with Crippen molar-refractivity contribution in [3.63, 3.8) is 0 Å². The topological polar surface area (TPSA) is 54.1 Å². The summed E-state index contributed by atoms with van der Waals surface area (Å²) >= 11 is 0. The summed E-state index contributed by atoms with van der Waals surface area (Å²) in [6, 6.07) is 14.9. The zero-order valence-corrected chi connectivity index (χ0v) is 11.0. The van der Waals surface area contributed by atoms with Crippen molar-refractivity contribution in [3.8, 4) is 5.75 Å². The van der Waals surface area contributed by atoms with Gasteiger partial charge in [0.1, 0.15) is 5.75 Å². The van der Waals surface area contributed by atoms with Gasteiger partial charge in [-0.15, -0.1) is 0 Å². The Morgan fingerprint density at radius 3 is 2.85 bits per heavy atom. The van der Waals surface area contributed by atoms with Crippen molar-refractivity contribution in [1.82, 2.24) is 4.98 Å². The van der Waals surface area contributed by atoms with Crippen LogP contribution in [-0.2, 0) is 0 Å². The van der Waals surface area contributed by atoms with Gasteiger partial charge in [0.2, 0.25) is 0 Å². The largest absolute Gasteiger partial charge is 0.495 e. The molecule has 20 heavy (non-hydrogen) atoms. The second-order valence-electron chi connectivity index (χ2n) is 4.43. The smallest absolute Gasteiger partial charge is 0.255 e. The van der Waals surface area contributed by atoms with Crippen LogP contribution in [-0.4, -0.2) is 18.0 Å². The molecule has 2 aromatic carbocycles. The second kappa shape index (κ2) is 5.09. The fraction of sp³-hybridized carbons (Fsp3) is 0.0625. The van der Waals surface area contributed by atoms with Crippen molar-refractivity contribution in [2.75, 3.05) is 12.4 Å². The van der Waals surface area contributed by atoms with Crippen LogP contribution < -0.4 is 10.1 Å². The van der Waals surface area contributed by atoms with Crippen molar-refractivity contribution in [1.29, 1.82) is 0 Å². The molecule has 1 amide bonds. The van der Waals surface area contributed by atoms with E-state index in [-0.39, 0.29) is 5.91 Å². The van der Waals surface area contributed by atoms with Crippen LogP contribution in [0, 0.1) is 0 Å². The number of methoxy groups -OCH3 is 1. The highest BCUT2D eigenvalue weighted by Crippen LogP contribution is 2.24. The van der Waals surface area contributed by atoms with Gasteiger partial charge in [-0.1, -0.05) is 18.2 Å². The quantitative estimate of drug-likeness (QED) is 0.763. The number of carbonyl (C=O) groups excluding carboxylic acids is 1. The lowest BCUT2D eigenvalue weighted by Gasteiger charge is -2.09. The van der Waals surface area contributed by atoms with Gasteiger partial charge in [0, 0.05) is 17.3 Å². The average molecular weight is 266 g/mol. The van der Waals surface area contributed by atoms with Gasteiger partial charge in [-0.3, -0.25) is 4.79 Å². The molecule has 0 bridgehead atoms. The number of aromatic nitrogens is 1. The van der Waals surface area contributed by atoms with Gasteiger partial charge < -0.3 is 15.0 Å². The normalized spacial score (nSPS) is 10.4. The van der Waals surface area contributed by atoms with Crippen LogP contribution >= 0.6 is 0 Å². The molecule has 0 fully saturated rings. The molecule has 0 atom stereocenters. The summed E-state index contributed by atoms with van der Waals surface area (Å²) in [5, 5.41) is 3.94. The highest BCUT2D eigenvalue weighted by Gasteiger charge is 2.10. The van der Waals surface area contributed by atoms with Crippen molar-refractivity contribution >= 4 is 22.5 Å². The number of nitrogens with one attached hydrogen (secondary N) is 2. The molecule has 0 radical (unpaired) electrons. The van der Waals surface area contributed by atoms with Crippen LogP contribution in [0.2, 0.25) is 0 Å². The lowest BCUT2D eigenvalue weighted by atomic mass is 10.1. The van der Waals surface area contributed by atoms with E-state index in [4.69, 9.17) is 4.74 Å². The molecular formula is C16H14N2O2. The summed E-state index contributed by atoms with van der Waals surface area (Å²) in [5.41, 5.74) is 2.20. The van der Waals surface area contributed by atoms with E-state index < -0.39 is 0 Å². The van der Waals surface area contributed by atoms with E-state index in [9.17, 15) is 4.79 Å². The number of hydrogen-bond acceptors (Lipinski definition) is 2. The number of carbonyl (C=O) groups is 1. The molecule has 3 aromatic rings. The number of fused-ring (bicyclic) bond motifs is 1. The molecule has 0 aliphatic heterocycles. The fourth-order valence-corrected chi connectivity index (χ4v) is 2.13. The Hall–Kier alpha value is -2.75. The van der Waals surface area contributed by atoms with E-state index in [1.165, 1.54) is 0 Å². The lowest BCUT2D eigenvalue weighted by Crippen LogP contribution is -2.12. The average Bonchev–Trinajstić information content (AvgIpc) is 2.95. The molecule has 0 saturated heterocycles. The Balaban J connectivity index is 1.88. The number of para-hydroxylation sites is 2. The molecule has 1 aromatic heterocycles. The van der Waals surface area contributed by atoms with Crippen LogP contribution in [0.3, 0.4) is 0 Å². The van der Waals surface area contributed by atoms with Gasteiger partial charge >= 0.3 is 0 Å². The molecule has 0 saturated carbocycles. The lowest BCUT2D eigenvalue weighted by molar-refractivity contribution is 0.102. The van der Waals surface area contributed by atoms with Crippen LogP contribution in [0.25, 0.3) is 10.9 Å². The van der Waals surface area contributed by atoms with Gasteiger partial charge in [0.05, 0.1) is 12.8 Å². The molecule has 3 rings (SSSR count). The number of anilines is 1. The van der Waals surface area contributed by atoms with Crippen LogP contribution in [0.1, 0.15) is 10.4 Å². The fourth-order valence-electron chi connectivity index (χ4n) is 2.13. The molecule has 1 heterocycles.